The van der Waals surface area contributed by atoms with E-state index in [-0.39, 0.29) is 29.1 Å². The third kappa shape index (κ3) is 4.35. The minimum Gasteiger partial charge on any atom is -0.346 e. The quantitative estimate of drug-likeness (QED) is 0.416. The number of carbonyl (C=O) groups is 1. The molecule has 9 heteroatoms. The highest BCUT2D eigenvalue weighted by Crippen LogP contribution is 2.17. The number of anilines is 2. The summed E-state index contributed by atoms with van der Waals surface area (Å²) in [6, 6.07) is 18.3. The standard InChI is InChI=1S/C22H17F2N5O2/c23-14-10-11-18-16(12-14)21(31)29(15-6-2-1-3-7-15)22(26-18)25-13-20(30)28-27-19-9-5-4-8-17(19)24/h1-12,27H,13H2,(H,25,26)(H,28,30). The SMILES string of the molecule is O=C(CNc1nc2ccc(F)cc2c(=O)n1-c1ccccc1)NNc1ccccc1F. The van der Waals surface area contributed by atoms with Crippen LogP contribution in [0, 0.1) is 11.6 Å². The molecule has 1 amide bonds. The highest BCUT2D eigenvalue weighted by atomic mass is 19.1. The van der Waals surface area contributed by atoms with E-state index in [9.17, 15) is 18.4 Å². The molecule has 4 rings (SSSR count). The Morgan fingerprint density at radius 2 is 1.71 bits per heavy atom. The first kappa shape index (κ1) is 20.0. The van der Waals surface area contributed by atoms with E-state index < -0.39 is 23.1 Å². The lowest BCUT2D eigenvalue weighted by Crippen LogP contribution is -2.36. The molecule has 3 aromatic carbocycles. The van der Waals surface area contributed by atoms with Crippen LogP contribution in [0.3, 0.4) is 0 Å². The number of rotatable bonds is 6. The highest BCUT2D eigenvalue weighted by molar-refractivity contribution is 5.83. The average Bonchev–Trinajstić information content (AvgIpc) is 2.78. The van der Waals surface area contributed by atoms with Crippen LogP contribution in [0.1, 0.15) is 0 Å². The maximum atomic E-state index is 13.7. The van der Waals surface area contributed by atoms with Crippen molar-refractivity contribution in [1.29, 1.82) is 0 Å². The molecule has 0 unspecified atom stereocenters. The van der Waals surface area contributed by atoms with E-state index in [2.05, 4.69) is 21.2 Å². The number of hydrogen-bond donors (Lipinski definition) is 3. The summed E-state index contributed by atoms with van der Waals surface area (Å²) < 4.78 is 28.6. The van der Waals surface area contributed by atoms with Crippen LogP contribution < -0.4 is 21.7 Å². The molecule has 4 aromatic rings. The summed E-state index contributed by atoms with van der Waals surface area (Å²) >= 11 is 0. The van der Waals surface area contributed by atoms with Crippen LogP contribution in [0.5, 0.6) is 0 Å². The second kappa shape index (κ2) is 8.62. The molecule has 0 aliphatic carbocycles. The van der Waals surface area contributed by atoms with Gasteiger partial charge in [-0.25, -0.2) is 18.3 Å². The number of carbonyl (C=O) groups excluding carboxylic acids is 1. The lowest BCUT2D eigenvalue weighted by Gasteiger charge is -2.15. The van der Waals surface area contributed by atoms with Gasteiger partial charge < -0.3 is 5.32 Å². The lowest BCUT2D eigenvalue weighted by atomic mass is 10.2. The molecule has 0 saturated carbocycles. The van der Waals surface area contributed by atoms with E-state index in [0.717, 1.165) is 6.07 Å². The van der Waals surface area contributed by atoms with Crippen molar-refractivity contribution < 1.29 is 13.6 Å². The van der Waals surface area contributed by atoms with Gasteiger partial charge in [0.05, 0.1) is 28.8 Å². The van der Waals surface area contributed by atoms with Gasteiger partial charge in [0.2, 0.25) is 5.95 Å². The van der Waals surface area contributed by atoms with E-state index in [4.69, 9.17) is 0 Å². The van der Waals surface area contributed by atoms with Crippen LogP contribution in [-0.4, -0.2) is 22.0 Å². The Hall–Kier alpha value is -4.27. The topological polar surface area (TPSA) is 88.0 Å². The van der Waals surface area contributed by atoms with Crippen LogP contribution in [0.25, 0.3) is 16.6 Å². The van der Waals surface area contributed by atoms with E-state index in [0.29, 0.717) is 5.69 Å². The van der Waals surface area contributed by atoms with Gasteiger partial charge >= 0.3 is 0 Å². The molecule has 7 nitrogen and oxygen atoms in total. The maximum Gasteiger partial charge on any atom is 0.267 e. The summed E-state index contributed by atoms with van der Waals surface area (Å²) in [6.07, 6.45) is 0. The fourth-order valence-electron chi connectivity index (χ4n) is 3.00. The predicted molar refractivity (Wildman–Crippen MR) is 114 cm³/mol. The summed E-state index contributed by atoms with van der Waals surface area (Å²) in [7, 11) is 0. The van der Waals surface area contributed by atoms with Crippen LogP contribution in [-0.2, 0) is 4.79 Å². The molecule has 0 fully saturated rings. The molecule has 3 N–H and O–H groups in total. The largest absolute Gasteiger partial charge is 0.346 e. The number of hydrogen-bond acceptors (Lipinski definition) is 5. The zero-order chi connectivity index (χ0) is 21.8. The van der Waals surface area contributed by atoms with Crippen molar-refractivity contribution in [2.24, 2.45) is 0 Å². The Labute approximate surface area is 175 Å². The number of nitrogens with zero attached hydrogens (tertiary/aromatic N) is 2. The van der Waals surface area contributed by atoms with Gasteiger partial charge in [0.15, 0.2) is 0 Å². The summed E-state index contributed by atoms with van der Waals surface area (Å²) in [5.41, 5.74) is 5.28. The third-order valence-electron chi connectivity index (χ3n) is 4.46. The second-order valence-electron chi connectivity index (χ2n) is 6.58. The molecule has 0 spiro atoms. The Kier molecular flexibility index (Phi) is 5.57. The number of benzene rings is 3. The van der Waals surface area contributed by atoms with Gasteiger partial charge in [-0.05, 0) is 42.5 Å². The first-order valence-electron chi connectivity index (χ1n) is 9.34. The molecule has 1 heterocycles. The Balaban J connectivity index is 1.60. The highest BCUT2D eigenvalue weighted by Gasteiger charge is 2.14. The number of halogens is 2. The summed E-state index contributed by atoms with van der Waals surface area (Å²) in [5.74, 6) is -1.48. The van der Waals surface area contributed by atoms with Gasteiger partial charge in [-0.3, -0.25) is 20.4 Å². The second-order valence-corrected chi connectivity index (χ2v) is 6.58. The minimum absolute atomic E-state index is 0.108. The zero-order valence-corrected chi connectivity index (χ0v) is 16.1. The molecule has 0 aliphatic rings. The molecule has 0 saturated heterocycles. The number of aromatic nitrogens is 2. The van der Waals surface area contributed by atoms with Gasteiger partial charge in [-0.15, -0.1) is 0 Å². The van der Waals surface area contributed by atoms with E-state index in [1.807, 2.05) is 0 Å². The van der Waals surface area contributed by atoms with Crippen molar-refractivity contribution in [3.63, 3.8) is 0 Å². The number of fused-ring (bicyclic) bond motifs is 1. The Morgan fingerprint density at radius 3 is 2.48 bits per heavy atom. The summed E-state index contributed by atoms with van der Waals surface area (Å²) in [6.45, 7) is -0.257. The number of hydrazine groups is 1. The molecular formula is C22H17F2N5O2. The first-order chi connectivity index (χ1) is 15.0. The van der Waals surface area contributed by atoms with Crippen LogP contribution in [0.4, 0.5) is 20.4 Å². The summed E-state index contributed by atoms with van der Waals surface area (Å²) in [4.78, 5) is 29.7. The molecule has 156 valence electrons. The number of para-hydroxylation sites is 2. The van der Waals surface area contributed by atoms with Crippen molar-refractivity contribution in [3.8, 4) is 5.69 Å². The Morgan fingerprint density at radius 1 is 0.968 bits per heavy atom. The summed E-state index contributed by atoms with van der Waals surface area (Å²) in [5, 5.41) is 2.93. The van der Waals surface area contributed by atoms with Gasteiger partial charge in [0.25, 0.3) is 11.5 Å². The van der Waals surface area contributed by atoms with E-state index in [1.54, 1.807) is 36.4 Å². The van der Waals surface area contributed by atoms with Crippen molar-refractivity contribution >= 4 is 28.4 Å². The van der Waals surface area contributed by atoms with Gasteiger partial charge in [0.1, 0.15) is 11.6 Å². The number of amides is 1. The molecule has 0 radical (unpaired) electrons. The van der Waals surface area contributed by atoms with Crippen molar-refractivity contribution in [2.75, 3.05) is 17.3 Å². The normalized spacial score (nSPS) is 10.6. The molecule has 0 atom stereocenters. The zero-order valence-electron chi connectivity index (χ0n) is 16.1. The van der Waals surface area contributed by atoms with Crippen LogP contribution >= 0.6 is 0 Å². The molecular weight excluding hydrogens is 404 g/mol. The van der Waals surface area contributed by atoms with Crippen molar-refractivity contribution in [2.45, 2.75) is 0 Å². The first-order valence-corrected chi connectivity index (χ1v) is 9.34. The van der Waals surface area contributed by atoms with Gasteiger partial charge in [-0.1, -0.05) is 30.3 Å². The number of nitrogens with one attached hydrogen (secondary N) is 3. The Bertz CT molecular complexity index is 1310. The van der Waals surface area contributed by atoms with Crippen molar-refractivity contribution in [3.05, 3.63) is 94.8 Å². The van der Waals surface area contributed by atoms with Crippen LogP contribution in [0.2, 0.25) is 0 Å². The van der Waals surface area contributed by atoms with Gasteiger partial charge in [0, 0.05) is 0 Å². The molecule has 0 bridgehead atoms. The lowest BCUT2D eigenvalue weighted by molar-refractivity contribution is -0.118. The van der Waals surface area contributed by atoms with Gasteiger partial charge in [-0.2, -0.15) is 0 Å². The third-order valence-corrected chi connectivity index (χ3v) is 4.46. The van der Waals surface area contributed by atoms with E-state index >= 15 is 0 Å². The van der Waals surface area contributed by atoms with Crippen LogP contribution in [0.15, 0.2) is 77.6 Å². The molecule has 31 heavy (non-hydrogen) atoms. The minimum atomic E-state index is -0.551. The maximum absolute atomic E-state index is 13.7. The predicted octanol–water partition coefficient (Wildman–Crippen LogP) is 3.22. The van der Waals surface area contributed by atoms with Crippen molar-refractivity contribution in [1.82, 2.24) is 15.0 Å². The fraction of sp³-hybridized carbons (Fsp3) is 0.0455. The molecule has 1 aromatic heterocycles. The van der Waals surface area contributed by atoms with E-state index in [1.165, 1.54) is 34.9 Å². The fourth-order valence-corrected chi connectivity index (χ4v) is 3.00. The average molecular weight is 421 g/mol. The molecule has 0 aliphatic heterocycles. The monoisotopic (exact) mass is 421 g/mol. The smallest absolute Gasteiger partial charge is 0.267 e.